The van der Waals surface area contributed by atoms with Crippen molar-refractivity contribution in [3.05, 3.63) is 70.8 Å². The molecule has 3 atom stereocenters. The zero-order valence-corrected chi connectivity index (χ0v) is 15.4. The largest absolute Gasteiger partial charge is 0.595 e. The predicted molar refractivity (Wildman–Crippen MR) is 100 cm³/mol. The molecule has 146 valence electrons. The molecule has 28 heavy (non-hydrogen) atoms. The first kappa shape index (κ1) is 18.7. The summed E-state index contributed by atoms with van der Waals surface area (Å²) in [6.07, 6.45) is 0.0421. The summed E-state index contributed by atoms with van der Waals surface area (Å²) in [6.45, 7) is 3.06. The van der Waals surface area contributed by atoms with E-state index in [9.17, 15) is 10.3 Å². The fraction of sp³-hybridized carbons (Fsp3) is 0.300. The highest BCUT2D eigenvalue weighted by Gasteiger charge is 2.36. The number of aryl methyl sites for hydroxylation is 1. The minimum absolute atomic E-state index is 0.180. The number of rotatable bonds is 5. The molecule has 0 spiro atoms. The average Bonchev–Trinajstić information content (AvgIpc) is 3.29. The standard InChI is InChI=1S/C20H22N4O4/c1-13-3-2-4-15(9-13)19-21-20(28-22-19)18-10-17(25)12-23(18)11-14-5-7-16(8-6-14)24(26)27/h2-9,17-18,24-26H,10-12H2,1H3. The van der Waals surface area contributed by atoms with Gasteiger partial charge in [-0.2, -0.15) is 10.2 Å². The molecule has 4 rings (SSSR count). The Labute approximate surface area is 162 Å². The van der Waals surface area contributed by atoms with E-state index in [2.05, 4.69) is 15.0 Å². The summed E-state index contributed by atoms with van der Waals surface area (Å²) in [7, 11) is 0. The lowest BCUT2D eigenvalue weighted by Gasteiger charge is -2.21. The van der Waals surface area contributed by atoms with Gasteiger partial charge in [-0.1, -0.05) is 41.1 Å². The second-order valence-electron chi connectivity index (χ2n) is 7.16. The summed E-state index contributed by atoms with van der Waals surface area (Å²) in [5.41, 5.74) is 3.22. The maximum Gasteiger partial charge on any atom is 0.244 e. The molecule has 2 heterocycles. The summed E-state index contributed by atoms with van der Waals surface area (Å²) in [6, 6.07) is 14.5. The summed E-state index contributed by atoms with van der Waals surface area (Å²) in [5, 5.41) is 33.4. The zero-order valence-electron chi connectivity index (χ0n) is 15.4. The third-order valence-corrected chi connectivity index (χ3v) is 4.97. The number of likely N-dealkylation sites (tertiary alicyclic amines) is 1. The third-order valence-electron chi connectivity index (χ3n) is 4.97. The van der Waals surface area contributed by atoms with Crippen LogP contribution in [0.25, 0.3) is 11.4 Å². The molecule has 3 N–H and O–H groups in total. The van der Waals surface area contributed by atoms with Gasteiger partial charge >= 0.3 is 0 Å². The second-order valence-corrected chi connectivity index (χ2v) is 7.16. The van der Waals surface area contributed by atoms with E-state index in [-0.39, 0.29) is 11.7 Å². The van der Waals surface area contributed by atoms with Gasteiger partial charge in [-0.05, 0) is 25.0 Å². The van der Waals surface area contributed by atoms with Gasteiger partial charge in [-0.25, -0.2) is 5.21 Å². The highest BCUT2D eigenvalue weighted by atomic mass is 16.8. The Morgan fingerprint density at radius 2 is 2.04 bits per heavy atom. The van der Waals surface area contributed by atoms with Crippen LogP contribution in [-0.2, 0) is 6.54 Å². The van der Waals surface area contributed by atoms with Crippen molar-refractivity contribution in [3.63, 3.8) is 0 Å². The number of hydrogen-bond acceptors (Lipinski definition) is 7. The van der Waals surface area contributed by atoms with E-state index in [1.54, 1.807) is 24.3 Å². The highest BCUT2D eigenvalue weighted by molar-refractivity contribution is 5.55. The first-order valence-corrected chi connectivity index (χ1v) is 9.14. The van der Waals surface area contributed by atoms with Crippen LogP contribution in [0, 0.1) is 12.1 Å². The van der Waals surface area contributed by atoms with Crippen LogP contribution in [0.3, 0.4) is 0 Å². The fourth-order valence-electron chi connectivity index (χ4n) is 3.57. The van der Waals surface area contributed by atoms with Gasteiger partial charge in [-0.15, -0.1) is 0 Å². The maximum absolute atomic E-state index is 11.0. The number of aliphatic hydroxyl groups is 1. The van der Waals surface area contributed by atoms with E-state index in [4.69, 9.17) is 9.73 Å². The van der Waals surface area contributed by atoms with Crippen molar-refractivity contribution in [2.45, 2.75) is 32.0 Å². The smallest absolute Gasteiger partial charge is 0.244 e. The molecule has 3 aromatic rings. The molecule has 0 bridgehead atoms. The molecule has 0 aliphatic carbocycles. The van der Waals surface area contributed by atoms with Gasteiger partial charge in [0.15, 0.2) is 5.69 Å². The number of hydrogen-bond donors (Lipinski definition) is 3. The summed E-state index contributed by atoms with van der Waals surface area (Å²) < 4.78 is 5.52. The Morgan fingerprint density at radius 3 is 2.75 bits per heavy atom. The zero-order chi connectivity index (χ0) is 19.7. The Balaban J connectivity index is 1.53. The van der Waals surface area contributed by atoms with Crippen molar-refractivity contribution < 1.29 is 20.1 Å². The van der Waals surface area contributed by atoms with Crippen LogP contribution in [-0.4, -0.2) is 38.0 Å². The third kappa shape index (κ3) is 3.96. The minimum atomic E-state index is -0.949. The Bertz CT molecular complexity index is 941. The lowest BCUT2D eigenvalue weighted by molar-refractivity contribution is -0.991. The molecule has 0 saturated carbocycles. The number of quaternary nitrogens is 1. The van der Waals surface area contributed by atoms with Gasteiger partial charge in [0.25, 0.3) is 0 Å². The van der Waals surface area contributed by atoms with Crippen molar-refractivity contribution in [2.75, 3.05) is 6.54 Å². The van der Waals surface area contributed by atoms with E-state index in [1.165, 1.54) is 0 Å². The van der Waals surface area contributed by atoms with E-state index >= 15 is 0 Å². The number of nitrogens with one attached hydrogen (secondary N) is 1. The van der Waals surface area contributed by atoms with Gasteiger partial charge in [0.05, 0.1) is 12.1 Å². The molecular weight excluding hydrogens is 360 g/mol. The molecule has 2 aromatic carbocycles. The molecule has 1 saturated heterocycles. The number of nitrogens with zero attached hydrogens (tertiary/aromatic N) is 3. The average molecular weight is 382 g/mol. The van der Waals surface area contributed by atoms with Crippen LogP contribution in [0.5, 0.6) is 0 Å². The van der Waals surface area contributed by atoms with Crippen LogP contribution in [0.2, 0.25) is 0 Å². The van der Waals surface area contributed by atoms with Crippen molar-refractivity contribution in [1.29, 1.82) is 0 Å². The highest BCUT2D eigenvalue weighted by Crippen LogP contribution is 2.33. The van der Waals surface area contributed by atoms with Gasteiger partial charge in [0.1, 0.15) is 0 Å². The minimum Gasteiger partial charge on any atom is -0.595 e. The van der Waals surface area contributed by atoms with E-state index in [1.807, 2.05) is 31.2 Å². The number of aromatic nitrogens is 2. The Kier molecular flexibility index (Phi) is 5.21. The maximum atomic E-state index is 11.0. The predicted octanol–water partition coefficient (Wildman–Crippen LogP) is 1.76. The normalized spacial score (nSPS) is 21.1. The first-order chi connectivity index (χ1) is 13.5. The summed E-state index contributed by atoms with van der Waals surface area (Å²) >= 11 is 0. The number of aliphatic hydroxyl groups excluding tert-OH is 1. The van der Waals surface area contributed by atoms with Crippen LogP contribution in [0.1, 0.15) is 29.5 Å². The van der Waals surface area contributed by atoms with Gasteiger partial charge < -0.3 is 14.8 Å². The first-order valence-electron chi connectivity index (χ1n) is 9.14. The Hall–Kier alpha value is -2.62. The SMILES string of the molecule is Cc1cccc(-c2noc(C3CC(O)CN3Cc3ccc([NH+]([O-])O)cc3)n2)c1. The lowest BCUT2D eigenvalue weighted by Crippen LogP contribution is -2.99. The molecule has 0 radical (unpaired) electrons. The topological polar surface area (TPSA) is 110 Å². The monoisotopic (exact) mass is 382 g/mol. The second kappa shape index (κ2) is 7.78. The molecule has 1 aromatic heterocycles. The van der Waals surface area contributed by atoms with Crippen LogP contribution < -0.4 is 5.23 Å². The molecule has 0 amide bonds. The quantitative estimate of drug-likeness (QED) is 0.577. The fourth-order valence-corrected chi connectivity index (χ4v) is 3.57. The molecule has 1 aliphatic heterocycles. The van der Waals surface area contributed by atoms with Gasteiger partial charge in [0, 0.05) is 30.8 Å². The van der Waals surface area contributed by atoms with Crippen molar-refractivity contribution >= 4 is 5.69 Å². The van der Waals surface area contributed by atoms with Crippen LogP contribution >= 0.6 is 0 Å². The van der Waals surface area contributed by atoms with Crippen molar-refractivity contribution in [2.24, 2.45) is 0 Å². The van der Waals surface area contributed by atoms with Gasteiger partial charge in [-0.3, -0.25) is 4.90 Å². The van der Waals surface area contributed by atoms with E-state index in [0.717, 1.165) is 16.7 Å². The van der Waals surface area contributed by atoms with Crippen molar-refractivity contribution in [1.82, 2.24) is 15.0 Å². The Morgan fingerprint density at radius 1 is 1.25 bits per heavy atom. The molecular formula is C20H22N4O4. The van der Waals surface area contributed by atoms with Crippen LogP contribution in [0.4, 0.5) is 5.69 Å². The number of benzene rings is 2. The molecule has 8 nitrogen and oxygen atoms in total. The van der Waals surface area contributed by atoms with E-state index in [0.29, 0.717) is 31.2 Å². The molecule has 3 unspecified atom stereocenters. The van der Waals surface area contributed by atoms with Crippen molar-refractivity contribution in [3.8, 4) is 11.4 Å². The molecule has 1 fully saturated rings. The molecule has 1 aliphatic rings. The lowest BCUT2D eigenvalue weighted by atomic mass is 10.1. The van der Waals surface area contributed by atoms with E-state index < -0.39 is 11.3 Å². The van der Waals surface area contributed by atoms with Crippen LogP contribution in [0.15, 0.2) is 53.1 Å². The number of β-amino-alcohol motifs (C(OH)–C–C–N with tert-alkyl or cyclic N) is 1. The molecule has 8 heteroatoms. The summed E-state index contributed by atoms with van der Waals surface area (Å²) in [4.78, 5) is 6.64. The van der Waals surface area contributed by atoms with Gasteiger partial charge in [0.2, 0.25) is 11.7 Å². The summed E-state index contributed by atoms with van der Waals surface area (Å²) in [5.74, 6) is 1.01.